The first-order valence-corrected chi connectivity index (χ1v) is 8.48. The fourth-order valence-corrected chi connectivity index (χ4v) is 2.60. The van der Waals surface area contributed by atoms with Crippen molar-refractivity contribution in [1.82, 2.24) is 9.78 Å². The van der Waals surface area contributed by atoms with Crippen LogP contribution in [0.15, 0.2) is 60.8 Å². The lowest BCUT2D eigenvalue weighted by Gasteiger charge is -2.08. The molecule has 2 aromatic carbocycles. The molecule has 3 aromatic rings. The molecule has 138 valence electrons. The van der Waals surface area contributed by atoms with E-state index in [2.05, 4.69) is 10.4 Å². The molecule has 3 N–H and O–H groups in total. The first-order chi connectivity index (χ1) is 13.0. The Morgan fingerprint density at radius 2 is 1.96 bits per heavy atom. The number of aromatic nitrogens is 2. The highest BCUT2D eigenvalue weighted by Crippen LogP contribution is 2.18. The maximum Gasteiger partial charge on any atom is 0.256 e. The van der Waals surface area contributed by atoms with Crippen molar-refractivity contribution in [2.45, 2.75) is 13.2 Å². The number of hydrogen-bond acceptors (Lipinski definition) is 4. The number of benzene rings is 2. The zero-order valence-corrected chi connectivity index (χ0v) is 15.0. The Morgan fingerprint density at radius 3 is 2.74 bits per heavy atom. The number of halogens is 1. The number of nitrogens with two attached hydrogens (primary N) is 1. The molecule has 8 heteroatoms. The molecule has 0 fully saturated rings. The van der Waals surface area contributed by atoms with E-state index in [1.807, 2.05) is 18.2 Å². The number of primary amides is 1. The molecule has 2 amide bonds. The van der Waals surface area contributed by atoms with Crippen LogP contribution in [0, 0.1) is 0 Å². The van der Waals surface area contributed by atoms with Crippen molar-refractivity contribution >= 4 is 29.2 Å². The largest absolute Gasteiger partial charge is 0.489 e. The second-order valence-electron chi connectivity index (χ2n) is 5.77. The van der Waals surface area contributed by atoms with Gasteiger partial charge in [0.05, 0.1) is 0 Å². The van der Waals surface area contributed by atoms with Crippen molar-refractivity contribution in [2.24, 2.45) is 5.73 Å². The van der Waals surface area contributed by atoms with E-state index in [4.69, 9.17) is 22.1 Å². The Kier molecular flexibility index (Phi) is 5.73. The van der Waals surface area contributed by atoms with Crippen LogP contribution in [0.2, 0.25) is 5.02 Å². The van der Waals surface area contributed by atoms with Crippen molar-refractivity contribution < 1.29 is 14.3 Å². The van der Waals surface area contributed by atoms with Crippen molar-refractivity contribution in [2.75, 3.05) is 5.32 Å². The molecule has 0 atom stereocenters. The molecule has 0 saturated heterocycles. The number of ether oxygens (including phenoxy) is 1. The minimum absolute atomic E-state index is 0.0529. The fraction of sp³-hybridized carbons (Fsp3) is 0.105. The first-order valence-electron chi connectivity index (χ1n) is 8.10. The molecule has 0 spiro atoms. The summed E-state index contributed by atoms with van der Waals surface area (Å²) in [5.41, 5.74) is 6.46. The van der Waals surface area contributed by atoms with Crippen LogP contribution >= 0.6 is 11.6 Å². The van der Waals surface area contributed by atoms with Gasteiger partial charge in [0.2, 0.25) is 5.91 Å². The molecule has 0 radical (unpaired) electrons. The summed E-state index contributed by atoms with van der Waals surface area (Å²) in [7, 11) is 0. The third-order valence-corrected chi connectivity index (χ3v) is 3.83. The van der Waals surface area contributed by atoms with Crippen LogP contribution in [-0.4, -0.2) is 21.6 Å². The molecule has 0 aliphatic rings. The number of anilines is 1. The van der Waals surface area contributed by atoms with E-state index in [0.717, 1.165) is 5.56 Å². The van der Waals surface area contributed by atoms with Gasteiger partial charge in [-0.1, -0.05) is 29.8 Å². The quantitative estimate of drug-likeness (QED) is 0.654. The first kappa shape index (κ1) is 18.5. The summed E-state index contributed by atoms with van der Waals surface area (Å²) in [6.45, 7) is 0.284. The standard InChI is InChI=1S/C19H17ClN4O3/c20-15-5-1-3-13(9-15)12-27-16-6-2-4-14(10-16)19(26)22-18-7-8-24(23-18)11-17(21)25/h1-10H,11-12H2,(H2,21,25)(H,22,23,26). The topological polar surface area (TPSA) is 99.2 Å². The van der Waals surface area contributed by atoms with Crippen LogP contribution in [-0.2, 0) is 17.9 Å². The van der Waals surface area contributed by atoms with Gasteiger partial charge in [-0.2, -0.15) is 5.10 Å². The van der Waals surface area contributed by atoms with E-state index in [1.165, 1.54) is 4.68 Å². The van der Waals surface area contributed by atoms with Crippen LogP contribution in [0.25, 0.3) is 0 Å². The molecule has 27 heavy (non-hydrogen) atoms. The lowest BCUT2D eigenvalue weighted by molar-refractivity contribution is -0.118. The van der Waals surface area contributed by atoms with Crippen molar-refractivity contribution in [1.29, 1.82) is 0 Å². The molecule has 1 aromatic heterocycles. The van der Waals surface area contributed by atoms with Gasteiger partial charge in [0.15, 0.2) is 5.82 Å². The normalized spacial score (nSPS) is 10.4. The highest BCUT2D eigenvalue weighted by atomic mass is 35.5. The van der Waals surface area contributed by atoms with Crippen LogP contribution in [0.5, 0.6) is 5.75 Å². The van der Waals surface area contributed by atoms with Crippen LogP contribution in [0.3, 0.4) is 0 Å². The summed E-state index contributed by atoms with van der Waals surface area (Å²) < 4.78 is 7.08. The number of carbonyl (C=O) groups is 2. The van der Waals surface area contributed by atoms with Gasteiger partial charge in [0.25, 0.3) is 5.91 Å². The summed E-state index contributed by atoms with van der Waals surface area (Å²) >= 11 is 5.96. The Bertz CT molecular complexity index is 971. The number of amides is 2. The minimum Gasteiger partial charge on any atom is -0.489 e. The summed E-state index contributed by atoms with van der Waals surface area (Å²) in [6, 6.07) is 15.8. The lowest BCUT2D eigenvalue weighted by Crippen LogP contribution is -2.19. The lowest BCUT2D eigenvalue weighted by atomic mass is 10.2. The smallest absolute Gasteiger partial charge is 0.256 e. The zero-order chi connectivity index (χ0) is 19.2. The van der Waals surface area contributed by atoms with Crippen LogP contribution in [0.4, 0.5) is 5.82 Å². The number of hydrogen-bond donors (Lipinski definition) is 2. The van der Waals surface area contributed by atoms with Crippen LogP contribution < -0.4 is 15.8 Å². The molecule has 0 saturated carbocycles. The Morgan fingerprint density at radius 1 is 1.15 bits per heavy atom. The highest BCUT2D eigenvalue weighted by Gasteiger charge is 2.10. The van der Waals surface area contributed by atoms with E-state index in [1.54, 1.807) is 42.6 Å². The number of nitrogens with zero attached hydrogens (tertiary/aromatic N) is 2. The SMILES string of the molecule is NC(=O)Cn1ccc(NC(=O)c2cccc(OCc3cccc(Cl)c3)c2)n1. The maximum atomic E-state index is 12.4. The molecule has 0 aliphatic carbocycles. The molecule has 3 rings (SSSR count). The second-order valence-corrected chi connectivity index (χ2v) is 6.20. The highest BCUT2D eigenvalue weighted by molar-refractivity contribution is 6.30. The van der Waals surface area contributed by atoms with Gasteiger partial charge in [-0.25, -0.2) is 0 Å². The average Bonchev–Trinajstić information content (AvgIpc) is 3.06. The Balaban J connectivity index is 1.63. The van der Waals surface area contributed by atoms with Gasteiger partial charge in [0.1, 0.15) is 18.9 Å². The van der Waals surface area contributed by atoms with E-state index in [0.29, 0.717) is 28.8 Å². The number of nitrogens with one attached hydrogen (secondary N) is 1. The summed E-state index contributed by atoms with van der Waals surface area (Å²) in [6.07, 6.45) is 1.56. The van der Waals surface area contributed by atoms with E-state index >= 15 is 0 Å². The minimum atomic E-state index is -0.513. The summed E-state index contributed by atoms with van der Waals surface area (Å²) in [4.78, 5) is 23.3. The predicted molar refractivity (Wildman–Crippen MR) is 102 cm³/mol. The Labute approximate surface area is 160 Å². The third-order valence-electron chi connectivity index (χ3n) is 3.59. The summed E-state index contributed by atoms with van der Waals surface area (Å²) in [5.74, 6) is 0.0291. The van der Waals surface area contributed by atoms with Gasteiger partial charge >= 0.3 is 0 Å². The van der Waals surface area contributed by atoms with Gasteiger partial charge in [-0.15, -0.1) is 0 Å². The molecule has 0 bridgehead atoms. The fourth-order valence-electron chi connectivity index (χ4n) is 2.39. The van der Waals surface area contributed by atoms with Crippen LogP contribution in [0.1, 0.15) is 15.9 Å². The maximum absolute atomic E-state index is 12.4. The Hall–Kier alpha value is -3.32. The predicted octanol–water partition coefficient (Wildman–Crippen LogP) is 2.85. The van der Waals surface area contributed by atoms with Gasteiger partial charge < -0.3 is 15.8 Å². The molecule has 1 heterocycles. The van der Waals surface area contributed by atoms with E-state index in [9.17, 15) is 9.59 Å². The van der Waals surface area contributed by atoms with Gasteiger partial charge in [-0.05, 0) is 35.9 Å². The molecule has 0 aliphatic heterocycles. The molecular weight excluding hydrogens is 368 g/mol. The average molecular weight is 385 g/mol. The van der Waals surface area contributed by atoms with Crippen molar-refractivity contribution in [3.8, 4) is 5.75 Å². The number of carbonyl (C=O) groups excluding carboxylic acids is 2. The van der Waals surface area contributed by atoms with Gasteiger partial charge in [0, 0.05) is 22.8 Å². The van der Waals surface area contributed by atoms with E-state index in [-0.39, 0.29) is 12.5 Å². The monoisotopic (exact) mass is 384 g/mol. The third kappa shape index (κ3) is 5.32. The summed E-state index contributed by atoms with van der Waals surface area (Å²) in [5, 5.41) is 7.37. The molecular formula is C19H17ClN4O3. The zero-order valence-electron chi connectivity index (χ0n) is 14.3. The number of rotatable bonds is 7. The molecule has 7 nitrogen and oxygen atoms in total. The van der Waals surface area contributed by atoms with E-state index < -0.39 is 5.91 Å². The van der Waals surface area contributed by atoms with Crippen molar-refractivity contribution in [3.63, 3.8) is 0 Å². The van der Waals surface area contributed by atoms with Gasteiger partial charge in [-0.3, -0.25) is 14.3 Å². The second kappa shape index (κ2) is 8.37. The molecule has 0 unspecified atom stereocenters. The van der Waals surface area contributed by atoms with Crippen molar-refractivity contribution in [3.05, 3.63) is 76.9 Å².